The van der Waals surface area contributed by atoms with E-state index in [1.807, 2.05) is 24.3 Å². The molecule has 0 bridgehead atoms. The third-order valence-electron chi connectivity index (χ3n) is 3.19. The molecule has 0 saturated carbocycles. The second kappa shape index (κ2) is 9.32. The molecule has 24 heavy (non-hydrogen) atoms. The van der Waals surface area contributed by atoms with Crippen molar-refractivity contribution in [1.29, 1.82) is 0 Å². The molecule has 1 heterocycles. The molecule has 0 radical (unpaired) electrons. The van der Waals surface area contributed by atoms with Gasteiger partial charge in [-0.15, -0.1) is 0 Å². The van der Waals surface area contributed by atoms with Crippen molar-refractivity contribution in [2.24, 2.45) is 0 Å². The van der Waals surface area contributed by atoms with Crippen molar-refractivity contribution >= 4 is 23.5 Å². The van der Waals surface area contributed by atoms with Crippen LogP contribution < -0.4 is 15.4 Å². The lowest BCUT2D eigenvalue weighted by Crippen LogP contribution is -2.09. The van der Waals surface area contributed by atoms with Crippen molar-refractivity contribution in [3.8, 4) is 5.75 Å². The first-order valence-corrected chi connectivity index (χ1v) is 7.65. The molecular weight excluding hydrogens is 306 g/mol. The third-order valence-corrected chi connectivity index (χ3v) is 3.19. The lowest BCUT2D eigenvalue weighted by Gasteiger charge is -2.06. The second-order valence-corrected chi connectivity index (χ2v) is 5.04. The van der Waals surface area contributed by atoms with Crippen LogP contribution in [-0.2, 0) is 4.79 Å². The van der Waals surface area contributed by atoms with E-state index in [2.05, 4.69) is 15.6 Å². The van der Waals surface area contributed by atoms with Crippen LogP contribution >= 0.6 is 0 Å². The van der Waals surface area contributed by atoms with E-state index in [0.29, 0.717) is 24.5 Å². The van der Waals surface area contributed by atoms with Gasteiger partial charge in [-0.1, -0.05) is 12.1 Å². The van der Waals surface area contributed by atoms with Crippen LogP contribution in [0, 0.1) is 0 Å². The Kier molecular flexibility index (Phi) is 6.79. The molecule has 0 aliphatic rings. The maximum atomic E-state index is 11.9. The third kappa shape index (κ3) is 5.73. The molecule has 0 fully saturated rings. The zero-order valence-electron chi connectivity index (χ0n) is 13.5. The number of aromatic nitrogens is 1. The summed E-state index contributed by atoms with van der Waals surface area (Å²) in [5.41, 5.74) is 1.49. The molecule has 6 nitrogen and oxygen atoms in total. The number of carbonyl (C=O) groups excluding carboxylic acids is 1. The molecule has 1 amide bonds. The molecule has 1 aromatic carbocycles. The second-order valence-electron chi connectivity index (χ2n) is 5.04. The zero-order chi connectivity index (χ0) is 17.2. The fourth-order valence-electron chi connectivity index (χ4n) is 1.97. The van der Waals surface area contributed by atoms with Crippen molar-refractivity contribution in [3.63, 3.8) is 0 Å². The molecule has 0 aliphatic carbocycles. The smallest absolute Gasteiger partial charge is 0.248 e. The van der Waals surface area contributed by atoms with E-state index in [1.165, 1.54) is 6.08 Å². The van der Waals surface area contributed by atoms with Crippen LogP contribution in [0.1, 0.15) is 12.0 Å². The quantitative estimate of drug-likeness (QED) is 0.512. The molecule has 0 spiro atoms. The highest BCUT2D eigenvalue weighted by Gasteiger charge is 2.00. The Morgan fingerprint density at radius 3 is 2.92 bits per heavy atom. The van der Waals surface area contributed by atoms with Crippen LogP contribution in [0.25, 0.3) is 6.08 Å². The molecule has 0 saturated heterocycles. The van der Waals surface area contributed by atoms with Gasteiger partial charge in [-0.3, -0.25) is 4.79 Å². The number of anilines is 2. The zero-order valence-corrected chi connectivity index (χ0v) is 13.5. The van der Waals surface area contributed by atoms with E-state index >= 15 is 0 Å². The van der Waals surface area contributed by atoms with Gasteiger partial charge >= 0.3 is 0 Å². The fraction of sp³-hybridized carbons (Fsp3) is 0.222. The maximum Gasteiger partial charge on any atom is 0.248 e. The monoisotopic (exact) mass is 327 g/mol. The maximum absolute atomic E-state index is 11.9. The minimum absolute atomic E-state index is 0.140. The number of hydrogen-bond acceptors (Lipinski definition) is 5. The van der Waals surface area contributed by atoms with Crippen LogP contribution in [0.15, 0.2) is 48.7 Å². The van der Waals surface area contributed by atoms with Gasteiger partial charge in [0.2, 0.25) is 5.91 Å². The Morgan fingerprint density at radius 2 is 2.21 bits per heavy atom. The Labute approximate surface area is 141 Å². The molecule has 1 aromatic heterocycles. The van der Waals surface area contributed by atoms with Gasteiger partial charge < -0.3 is 20.5 Å². The van der Waals surface area contributed by atoms with Gasteiger partial charge in [-0.05, 0) is 42.3 Å². The average molecular weight is 327 g/mol. The minimum Gasteiger partial charge on any atom is -0.497 e. The molecule has 0 aliphatic heterocycles. The first-order valence-electron chi connectivity index (χ1n) is 7.65. The van der Waals surface area contributed by atoms with Crippen molar-refractivity contribution < 1.29 is 14.6 Å². The molecule has 2 aromatic rings. The van der Waals surface area contributed by atoms with Gasteiger partial charge in [0, 0.05) is 19.2 Å². The summed E-state index contributed by atoms with van der Waals surface area (Å²) in [5.74, 6) is 1.21. The molecule has 126 valence electrons. The summed E-state index contributed by atoms with van der Waals surface area (Å²) >= 11 is 0. The number of nitrogens with zero attached hydrogens (tertiary/aromatic N) is 1. The van der Waals surface area contributed by atoms with Gasteiger partial charge in [0.25, 0.3) is 0 Å². The SMILES string of the molecule is COc1cccc(/C=C/C(=O)Nc2ccc(NCCCO)nc2)c1. The summed E-state index contributed by atoms with van der Waals surface area (Å²) in [5, 5.41) is 14.6. The van der Waals surface area contributed by atoms with Crippen LogP contribution in [0.5, 0.6) is 5.75 Å². The van der Waals surface area contributed by atoms with Gasteiger partial charge in [0.05, 0.1) is 19.0 Å². The number of ether oxygens (including phenoxy) is 1. The number of hydrogen-bond donors (Lipinski definition) is 3. The lowest BCUT2D eigenvalue weighted by molar-refractivity contribution is -0.111. The molecule has 0 unspecified atom stereocenters. The minimum atomic E-state index is -0.236. The number of rotatable bonds is 8. The Bertz CT molecular complexity index is 684. The van der Waals surface area contributed by atoms with E-state index in [1.54, 1.807) is 31.5 Å². The molecule has 6 heteroatoms. The number of methoxy groups -OCH3 is 1. The van der Waals surface area contributed by atoms with Gasteiger partial charge in [0.1, 0.15) is 11.6 Å². The van der Waals surface area contributed by atoms with E-state index in [-0.39, 0.29) is 12.5 Å². The first-order chi connectivity index (χ1) is 11.7. The highest BCUT2D eigenvalue weighted by molar-refractivity contribution is 6.01. The fourth-order valence-corrected chi connectivity index (χ4v) is 1.97. The topological polar surface area (TPSA) is 83.5 Å². The van der Waals surface area contributed by atoms with Gasteiger partial charge in [0.15, 0.2) is 0 Å². The average Bonchev–Trinajstić information content (AvgIpc) is 2.62. The van der Waals surface area contributed by atoms with E-state index < -0.39 is 0 Å². The molecular formula is C18H21N3O3. The Morgan fingerprint density at radius 1 is 1.33 bits per heavy atom. The summed E-state index contributed by atoms with van der Waals surface area (Å²) in [6.45, 7) is 0.791. The highest BCUT2D eigenvalue weighted by atomic mass is 16.5. The van der Waals surface area contributed by atoms with E-state index in [0.717, 1.165) is 11.3 Å². The standard InChI is InChI=1S/C18H21N3O3/c1-24-16-5-2-4-14(12-16)6-9-18(23)21-15-7-8-17(20-13-15)19-10-3-11-22/h2,4-9,12-13,22H,3,10-11H2,1H3,(H,19,20)(H,21,23)/b9-6+. The Hall–Kier alpha value is -2.86. The number of amides is 1. The van der Waals surface area contributed by atoms with Crippen molar-refractivity contribution in [2.75, 3.05) is 30.9 Å². The predicted molar refractivity (Wildman–Crippen MR) is 95.1 cm³/mol. The number of aliphatic hydroxyl groups is 1. The summed E-state index contributed by atoms with van der Waals surface area (Å²) < 4.78 is 5.14. The summed E-state index contributed by atoms with van der Waals surface area (Å²) in [6, 6.07) is 11.0. The number of benzene rings is 1. The van der Waals surface area contributed by atoms with Crippen LogP contribution in [0.4, 0.5) is 11.5 Å². The van der Waals surface area contributed by atoms with E-state index in [4.69, 9.17) is 9.84 Å². The number of pyridine rings is 1. The van der Waals surface area contributed by atoms with Crippen LogP contribution in [-0.4, -0.2) is 36.3 Å². The summed E-state index contributed by atoms with van der Waals surface area (Å²) in [4.78, 5) is 16.1. The summed E-state index contributed by atoms with van der Waals surface area (Å²) in [6.07, 6.45) is 5.42. The molecule has 2 rings (SSSR count). The predicted octanol–water partition coefficient (Wildman–Crippen LogP) is 2.54. The number of aliphatic hydroxyl groups excluding tert-OH is 1. The van der Waals surface area contributed by atoms with Gasteiger partial charge in [-0.2, -0.15) is 0 Å². The lowest BCUT2D eigenvalue weighted by atomic mass is 10.2. The largest absolute Gasteiger partial charge is 0.497 e. The van der Waals surface area contributed by atoms with Crippen LogP contribution in [0.2, 0.25) is 0 Å². The summed E-state index contributed by atoms with van der Waals surface area (Å²) in [7, 11) is 1.60. The first kappa shape index (κ1) is 17.5. The highest BCUT2D eigenvalue weighted by Crippen LogP contribution is 2.14. The molecule has 0 atom stereocenters. The molecule has 3 N–H and O–H groups in total. The van der Waals surface area contributed by atoms with E-state index in [9.17, 15) is 4.79 Å². The number of nitrogens with one attached hydrogen (secondary N) is 2. The van der Waals surface area contributed by atoms with Crippen molar-refractivity contribution in [3.05, 3.63) is 54.2 Å². The van der Waals surface area contributed by atoms with Crippen LogP contribution in [0.3, 0.4) is 0 Å². The Balaban J connectivity index is 1.88. The number of carbonyl (C=O) groups is 1. The van der Waals surface area contributed by atoms with Crippen molar-refractivity contribution in [1.82, 2.24) is 4.98 Å². The van der Waals surface area contributed by atoms with Crippen molar-refractivity contribution in [2.45, 2.75) is 6.42 Å². The van der Waals surface area contributed by atoms with Gasteiger partial charge in [-0.25, -0.2) is 4.98 Å². The normalized spacial score (nSPS) is 10.6.